The molecule has 24 heavy (non-hydrogen) atoms. The van der Waals surface area contributed by atoms with Gasteiger partial charge in [-0.1, -0.05) is 18.2 Å². The average Bonchev–Trinajstić information content (AvgIpc) is 3.09. The van der Waals surface area contributed by atoms with Crippen LogP contribution in [0.25, 0.3) is 0 Å². The van der Waals surface area contributed by atoms with E-state index >= 15 is 0 Å². The Morgan fingerprint density at radius 3 is 2.67 bits per heavy atom. The fraction of sp³-hybridized carbons (Fsp3) is 0.471. The average molecular weight is 339 g/mol. The van der Waals surface area contributed by atoms with Crippen LogP contribution in [0, 0.1) is 5.92 Å². The number of alkyl halides is 3. The van der Waals surface area contributed by atoms with Crippen LogP contribution in [-0.4, -0.2) is 33.1 Å². The van der Waals surface area contributed by atoms with Crippen molar-refractivity contribution in [3.63, 3.8) is 0 Å². The smallest absolute Gasteiger partial charge is 0.385 e. The second-order valence-corrected chi connectivity index (χ2v) is 6.23. The SMILES string of the molecule is OC(c1ncc[nH]1)C1CCN(Cc2cccc(C(F)(F)F)c2)CC1. The third-order valence-corrected chi connectivity index (χ3v) is 4.54. The molecule has 1 aromatic carbocycles. The fourth-order valence-electron chi connectivity index (χ4n) is 3.19. The first-order valence-electron chi connectivity index (χ1n) is 7.99. The lowest BCUT2D eigenvalue weighted by atomic mass is 9.90. The summed E-state index contributed by atoms with van der Waals surface area (Å²) in [4.78, 5) is 9.14. The Kier molecular flexibility index (Phi) is 4.91. The largest absolute Gasteiger partial charge is 0.416 e. The van der Waals surface area contributed by atoms with Crippen molar-refractivity contribution < 1.29 is 18.3 Å². The lowest BCUT2D eigenvalue weighted by Crippen LogP contribution is -2.35. The first-order chi connectivity index (χ1) is 11.4. The van der Waals surface area contributed by atoms with Crippen LogP contribution < -0.4 is 0 Å². The highest BCUT2D eigenvalue weighted by Gasteiger charge is 2.31. The van der Waals surface area contributed by atoms with Crippen molar-refractivity contribution in [2.45, 2.75) is 31.7 Å². The molecule has 7 heteroatoms. The van der Waals surface area contributed by atoms with Crippen LogP contribution in [0.5, 0.6) is 0 Å². The van der Waals surface area contributed by atoms with Crippen LogP contribution in [0.15, 0.2) is 36.7 Å². The topological polar surface area (TPSA) is 52.2 Å². The number of halogens is 3. The van der Waals surface area contributed by atoms with E-state index in [4.69, 9.17) is 0 Å². The number of benzene rings is 1. The summed E-state index contributed by atoms with van der Waals surface area (Å²) in [5.74, 6) is 0.695. The summed E-state index contributed by atoms with van der Waals surface area (Å²) in [5, 5.41) is 10.3. The maximum atomic E-state index is 12.8. The van der Waals surface area contributed by atoms with Crippen molar-refractivity contribution in [2.24, 2.45) is 5.92 Å². The van der Waals surface area contributed by atoms with Gasteiger partial charge in [0.05, 0.1) is 5.56 Å². The molecular formula is C17H20F3N3O. The van der Waals surface area contributed by atoms with Crippen molar-refractivity contribution in [1.29, 1.82) is 0 Å². The first kappa shape index (κ1) is 17.0. The highest BCUT2D eigenvalue weighted by Crippen LogP contribution is 2.31. The molecule has 0 aliphatic carbocycles. The number of aliphatic hydroxyl groups is 1. The molecule has 1 saturated heterocycles. The minimum Gasteiger partial charge on any atom is -0.385 e. The van der Waals surface area contributed by atoms with Crippen molar-refractivity contribution in [1.82, 2.24) is 14.9 Å². The van der Waals surface area contributed by atoms with Gasteiger partial charge in [0.25, 0.3) is 0 Å². The second kappa shape index (κ2) is 6.94. The first-order valence-corrected chi connectivity index (χ1v) is 7.99. The molecule has 4 nitrogen and oxygen atoms in total. The summed E-state index contributed by atoms with van der Waals surface area (Å²) in [6.45, 7) is 1.99. The van der Waals surface area contributed by atoms with Gasteiger partial charge in [0, 0.05) is 18.9 Å². The van der Waals surface area contributed by atoms with E-state index in [0.29, 0.717) is 17.9 Å². The molecule has 0 saturated carbocycles. The molecular weight excluding hydrogens is 319 g/mol. The number of aliphatic hydroxyl groups excluding tert-OH is 1. The van der Waals surface area contributed by atoms with Crippen LogP contribution in [-0.2, 0) is 12.7 Å². The molecule has 2 aromatic rings. The lowest BCUT2D eigenvalue weighted by molar-refractivity contribution is -0.137. The molecule has 1 atom stereocenters. The number of hydrogen-bond acceptors (Lipinski definition) is 3. The van der Waals surface area contributed by atoms with Crippen molar-refractivity contribution in [3.8, 4) is 0 Å². The Balaban J connectivity index is 1.56. The molecule has 1 aromatic heterocycles. The number of nitrogens with one attached hydrogen (secondary N) is 1. The highest BCUT2D eigenvalue weighted by atomic mass is 19.4. The molecule has 0 radical (unpaired) electrons. The molecule has 1 fully saturated rings. The third kappa shape index (κ3) is 3.96. The number of aromatic amines is 1. The molecule has 130 valence electrons. The molecule has 3 rings (SSSR count). The number of nitrogens with zero attached hydrogens (tertiary/aromatic N) is 2. The van der Waals surface area contributed by atoms with Gasteiger partial charge in [0.2, 0.25) is 0 Å². The van der Waals surface area contributed by atoms with E-state index in [1.165, 1.54) is 12.1 Å². The van der Waals surface area contributed by atoms with E-state index in [9.17, 15) is 18.3 Å². The van der Waals surface area contributed by atoms with Gasteiger partial charge in [0.15, 0.2) is 0 Å². The molecule has 0 spiro atoms. The van der Waals surface area contributed by atoms with Crippen molar-refractivity contribution in [3.05, 3.63) is 53.6 Å². The van der Waals surface area contributed by atoms with Gasteiger partial charge in [-0.15, -0.1) is 0 Å². The monoisotopic (exact) mass is 339 g/mol. The molecule has 0 amide bonds. The zero-order chi connectivity index (χ0) is 17.2. The number of H-pyrrole nitrogens is 1. The van der Waals surface area contributed by atoms with Crippen LogP contribution in [0.1, 0.15) is 35.9 Å². The Hall–Kier alpha value is -1.86. The minimum absolute atomic E-state index is 0.119. The summed E-state index contributed by atoms with van der Waals surface area (Å²) < 4.78 is 38.3. The van der Waals surface area contributed by atoms with Gasteiger partial charge < -0.3 is 10.1 Å². The van der Waals surface area contributed by atoms with Gasteiger partial charge in [-0.2, -0.15) is 13.2 Å². The lowest BCUT2D eigenvalue weighted by Gasteiger charge is -2.33. The van der Waals surface area contributed by atoms with Gasteiger partial charge in [-0.25, -0.2) is 4.98 Å². The van der Waals surface area contributed by atoms with E-state index in [-0.39, 0.29) is 5.92 Å². The van der Waals surface area contributed by atoms with E-state index in [1.54, 1.807) is 18.5 Å². The second-order valence-electron chi connectivity index (χ2n) is 6.23. The number of imidazole rings is 1. The summed E-state index contributed by atoms with van der Waals surface area (Å²) in [6, 6.07) is 5.48. The Bertz CT molecular complexity index is 649. The van der Waals surface area contributed by atoms with Crippen LogP contribution >= 0.6 is 0 Å². The predicted molar refractivity (Wildman–Crippen MR) is 83.0 cm³/mol. The summed E-state index contributed by atoms with van der Waals surface area (Å²) in [6.07, 6.45) is -0.0452. The third-order valence-electron chi connectivity index (χ3n) is 4.54. The number of hydrogen-bond donors (Lipinski definition) is 2. The van der Waals surface area contributed by atoms with Crippen LogP contribution in [0.2, 0.25) is 0 Å². The molecule has 1 aliphatic rings. The predicted octanol–water partition coefficient (Wildman–Crippen LogP) is 3.37. The van der Waals surface area contributed by atoms with E-state index in [0.717, 1.165) is 32.0 Å². The Morgan fingerprint density at radius 2 is 2.04 bits per heavy atom. The molecule has 1 unspecified atom stereocenters. The summed E-state index contributed by atoms with van der Waals surface area (Å²) in [7, 11) is 0. The van der Waals surface area contributed by atoms with Gasteiger partial charge in [-0.3, -0.25) is 4.90 Å². The quantitative estimate of drug-likeness (QED) is 0.898. The van der Waals surface area contributed by atoms with E-state index in [1.807, 2.05) is 0 Å². The summed E-state index contributed by atoms with van der Waals surface area (Å²) >= 11 is 0. The van der Waals surface area contributed by atoms with Gasteiger partial charge >= 0.3 is 6.18 Å². The molecule has 1 aliphatic heterocycles. The number of rotatable bonds is 4. The van der Waals surface area contributed by atoms with E-state index in [2.05, 4.69) is 14.9 Å². The zero-order valence-corrected chi connectivity index (χ0v) is 13.1. The molecule has 2 N–H and O–H groups in total. The van der Waals surface area contributed by atoms with Crippen LogP contribution in [0.3, 0.4) is 0 Å². The van der Waals surface area contributed by atoms with Gasteiger partial charge in [-0.05, 0) is 43.5 Å². The Morgan fingerprint density at radius 1 is 1.29 bits per heavy atom. The maximum Gasteiger partial charge on any atom is 0.416 e. The minimum atomic E-state index is -4.31. The zero-order valence-electron chi connectivity index (χ0n) is 13.1. The number of likely N-dealkylation sites (tertiary alicyclic amines) is 1. The summed E-state index contributed by atoms with van der Waals surface area (Å²) in [5.41, 5.74) is 0.0537. The van der Waals surface area contributed by atoms with Crippen LogP contribution in [0.4, 0.5) is 13.2 Å². The molecule has 2 heterocycles. The van der Waals surface area contributed by atoms with Crippen molar-refractivity contribution in [2.75, 3.05) is 13.1 Å². The van der Waals surface area contributed by atoms with Crippen molar-refractivity contribution >= 4 is 0 Å². The maximum absolute atomic E-state index is 12.8. The standard InChI is InChI=1S/C17H20F3N3O/c18-17(19,20)14-3-1-2-12(10-14)11-23-8-4-13(5-9-23)15(24)16-21-6-7-22-16/h1-3,6-7,10,13,15,24H,4-5,8-9,11H2,(H,21,22). The highest BCUT2D eigenvalue weighted by molar-refractivity contribution is 5.25. The Labute approximate surface area is 138 Å². The molecule has 0 bridgehead atoms. The fourth-order valence-corrected chi connectivity index (χ4v) is 3.19. The number of aromatic nitrogens is 2. The normalized spacial score (nSPS) is 18.7. The van der Waals surface area contributed by atoms with Gasteiger partial charge in [0.1, 0.15) is 11.9 Å². The number of piperidine rings is 1. The van der Waals surface area contributed by atoms with E-state index < -0.39 is 17.8 Å².